The van der Waals surface area contributed by atoms with Crippen LogP contribution in [-0.4, -0.2) is 29.9 Å². The summed E-state index contributed by atoms with van der Waals surface area (Å²) in [7, 11) is 0. The van der Waals surface area contributed by atoms with E-state index in [1.165, 1.54) is 6.42 Å². The topological polar surface area (TPSA) is 27.0 Å². The lowest BCUT2D eigenvalue weighted by molar-refractivity contribution is 0.252. The molecule has 0 spiro atoms. The molecule has 0 heterocycles. The van der Waals surface area contributed by atoms with E-state index in [9.17, 15) is 0 Å². The van der Waals surface area contributed by atoms with Gasteiger partial charge in [-0.1, -0.05) is 27.2 Å². The normalized spacial score (nSPS) is 15.4. The van der Waals surface area contributed by atoms with Gasteiger partial charge in [0.1, 0.15) is 5.38 Å². The Morgan fingerprint density at radius 2 is 2.00 bits per heavy atom. The summed E-state index contributed by atoms with van der Waals surface area (Å²) in [6, 6.07) is 2.04. The van der Waals surface area contributed by atoms with Gasteiger partial charge in [0.05, 0.1) is 6.07 Å². The molecule has 0 aromatic heterocycles. The van der Waals surface area contributed by atoms with Crippen molar-refractivity contribution in [3.8, 4) is 6.07 Å². The molecule has 2 unspecified atom stereocenters. The minimum absolute atomic E-state index is 0.371. The van der Waals surface area contributed by atoms with Gasteiger partial charge in [0.2, 0.25) is 0 Å². The molecule has 76 valence electrons. The van der Waals surface area contributed by atoms with Gasteiger partial charge >= 0.3 is 0 Å². The van der Waals surface area contributed by atoms with Crippen molar-refractivity contribution in [1.29, 1.82) is 5.26 Å². The van der Waals surface area contributed by atoms with Crippen LogP contribution in [0.2, 0.25) is 0 Å². The van der Waals surface area contributed by atoms with E-state index >= 15 is 0 Å². The Hall–Kier alpha value is -0.260. The molecule has 0 aromatic carbocycles. The molecule has 0 saturated carbocycles. The highest BCUT2D eigenvalue weighted by atomic mass is 35.5. The first-order valence-corrected chi connectivity index (χ1v) is 5.33. The lowest BCUT2D eigenvalue weighted by Gasteiger charge is -2.23. The van der Waals surface area contributed by atoms with Crippen molar-refractivity contribution < 1.29 is 0 Å². The van der Waals surface area contributed by atoms with E-state index in [0.29, 0.717) is 12.5 Å². The van der Waals surface area contributed by atoms with Gasteiger partial charge in [-0.3, -0.25) is 0 Å². The fourth-order valence-electron chi connectivity index (χ4n) is 1.17. The molecule has 0 aliphatic heterocycles. The van der Waals surface area contributed by atoms with Crippen molar-refractivity contribution in [2.75, 3.05) is 19.6 Å². The Morgan fingerprint density at radius 1 is 1.38 bits per heavy atom. The van der Waals surface area contributed by atoms with E-state index in [1.54, 1.807) is 0 Å². The van der Waals surface area contributed by atoms with Crippen LogP contribution in [-0.2, 0) is 0 Å². The van der Waals surface area contributed by atoms with Crippen molar-refractivity contribution in [3.05, 3.63) is 0 Å². The number of nitrogens with zero attached hydrogens (tertiary/aromatic N) is 2. The van der Waals surface area contributed by atoms with Crippen LogP contribution in [0.1, 0.15) is 27.2 Å². The summed E-state index contributed by atoms with van der Waals surface area (Å²) in [6.07, 6.45) is 1.18. The third-order valence-corrected chi connectivity index (χ3v) is 2.51. The molecule has 0 aliphatic rings. The molecule has 0 bridgehead atoms. The van der Waals surface area contributed by atoms with E-state index in [2.05, 4.69) is 25.7 Å². The highest BCUT2D eigenvalue weighted by molar-refractivity contribution is 6.22. The SMILES string of the molecule is CCC(C)CN(CC)CC(Cl)C#N. The van der Waals surface area contributed by atoms with Gasteiger partial charge in [-0.25, -0.2) is 0 Å². The highest BCUT2D eigenvalue weighted by Crippen LogP contribution is 2.06. The third kappa shape index (κ3) is 5.90. The number of hydrogen-bond acceptors (Lipinski definition) is 2. The molecule has 3 heteroatoms. The van der Waals surface area contributed by atoms with Gasteiger partial charge < -0.3 is 4.90 Å². The monoisotopic (exact) mass is 202 g/mol. The van der Waals surface area contributed by atoms with Crippen LogP contribution in [0.15, 0.2) is 0 Å². The maximum Gasteiger partial charge on any atom is 0.133 e. The number of halogens is 1. The molecule has 0 fully saturated rings. The van der Waals surface area contributed by atoms with Gasteiger partial charge in [0, 0.05) is 13.1 Å². The zero-order valence-corrected chi connectivity index (χ0v) is 9.51. The minimum Gasteiger partial charge on any atom is -0.301 e. The smallest absolute Gasteiger partial charge is 0.133 e. The van der Waals surface area contributed by atoms with Crippen molar-refractivity contribution in [1.82, 2.24) is 4.90 Å². The molecule has 0 N–H and O–H groups in total. The van der Waals surface area contributed by atoms with Gasteiger partial charge in [0.15, 0.2) is 0 Å². The van der Waals surface area contributed by atoms with Crippen molar-refractivity contribution in [2.45, 2.75) is 32.6 Å². The number of hydrogen-bond donors (Lipinski definition) is 0. The first kappa shape index (κ1) is 12.7. The van der Waals surface area contributed by atoms with Gasteiger partial charge in [0.25, 0.3) is 0 Å². The molecule has 0 radical (unpaired) electrons. The number of rotatable bonds is 6. The molecule has 0 aromatic rings. The first-order valence-electron chi connectivity index (χ1n) is 4.90. The standard InChI is InChI=1S/C10H19ClN2/c1-4-9(3)7-13(5-2)8-10(11)6-12/h9-10H,4-5,7-8H2,1-3H3. The fourth-order valence-corrected chi connectivity index (χ4v) is 1.37. The second-order valence-corrected chi connectivity index (χ2v) is 3.99. The van der Waals surface area contributed by atoms with Crippen LogP contribution >= 0.6 is 11.6 Å². The van der Waals surface area contributed by atoms with Crippen molar-refractivity contribution in [2.24, 2.45) is 5.92 Å². The molecule has 2 nitrogen and oxygen atoms in total. The Balaban J connectivity index is 3.83. The summed E-state index contributed by atoms with van der Waals surface area (Å²) >= 11 is 5.76. The van der Waals surface area contributed by atoms with Crippen LogP contribution in [0.5, 0.6) is 0 Å². The van der Waals surface area contributed by atoms with Gasteiger partial charge in [-0.05, 0) is 12.5 Å². The Kier molecular flexibility index (Phi) is 7.03. The molecule has 13 heavy (non-hydrogen) atoms. The number of alkyl halides is 1. The predicted molar refractivity (Wildman–Crippen MR) is 56.8 cm³/mol. The Labute approximate surface area is 86.5 Å². The molecular weight excluding hydrogens is 184 g/mol. The molecule has 0 saturated heterocycles. The van der Waals surface area contributed by atoms with Crippen LogP contribution in [0.3, 0.4) is 0 Å². The summed E-state index contributed by atoms with van der Waals surface area (Å²) in [5.41, 5.74) is 0. The first-order chi connectivity index (χ1) is 6.13. The molecule has 0 rings (SSSR count). The maximum absolute atomic E-state index is 8.56. The maximum atomic E-state index is 8.56. The van der Waals surface area contributed by atoms with Crippen LogP contribution in [0.4, 0.5) is 0 Å². The second kappa shape index (κ2) is 7.17. The lowest BCUT2D eigenvalue weighted by atomic mass is 10.1. The summed E-state index contributed by atoms with van der Waals surface area (Å²) in [5.74, 6) is 0.683. The van der Waals surface area contributed by atoms with Crippen molar-refractivity contribution >= 4 is 11.6 Å². The molecule has 2 atom stereocenters. The van der Waals surface area contributed by atoms with E-state index in [4.69, 9.17) is 16.9 Å². The molecule has 0 amide bonds. The third-order valence-electron chi connectivity index (χ3n) is 2.27. The Morgan fingerprint density at radius 3 is 2.38 bits per heavy atom. The Bertz CT molecular complexity index is 165. The van der Waals surface area contributed by atoms with E-state index in [-0.39, 0.29) is 5.38 Å². The van der Waals surface area contributed by atoms with Crippen LogP contribution in [0.25, 0.3) is 0 Å². The second-order valence-electron chi connectivity index (χ2n) is 3.46. The number of nitriles is 1. The van der Waals surface area contributed by atoms with E-state index < -0.39 is 0 Å². The zero-order valence-electron chi connectivity index (χ0n) is 8.76. The van der Waals surface area contributed by atoms with Crippen LogP contribution in [0, 0.1) is 17.2 Å². The predicted octanol–water partition coefficient (Wildman–Crippen LogP) is 2.49. The molecular formula is C10H19ClN2. The summed E-state index contributed by atoms with van der Waals surface area (Å²) < 4.78 is 0. The highest BCUT2D eigenvalue weighted by Gasteiger charge is 2.11. The largest absolute Gasteiger partial charge is 0.301 e. The minimum atomic E-state index is -0.371. The van der Waals surface area contributed by atoms with Gasteiger partial charge in [-0.2, -0.15) is 5.26 Å². The van der Waals surface area contributed by atoms with Gasteiger partial charge in [-0.15, -0.1) is 11.6 Å². The molecule has 0 aliphatic carbocycles. The van der Waals surface area contributed by atoms with E-state index in [1.807, 2.05) is 6.07 Å². The quantitative estimate of drug-likeness (QED) is 0.619. The van der Waals surface area contributed by atoms with Crippen molar-refractivity contribution in [3.63, 3.8) is 0 Å². The average molecular weight is 203 g/mol. The van der Waals surface area contributed by atoms with E-state index in [0.717, 1.165) is 13.1 Å². The lowest BCUT2D eigenvalue weighted by Crippen LogP contribution is -2.33. The van der Waals surface area contributed by atoms with Crippen LogP contribution < -0.4 is 0 Å². The zero-order chi connectivity index (χ0) is 10.3. The summed E-state index contributed by atoms with van der Waals surface area (Å²) in [5, 5.41) is 8.19. The average Bonchev–Trinajstić information content (AvgIpc) is 2.16. The summed E-state index contributed by atoms with van der Waals surface area (Å²) in [6.45, 7) is 9.19. The fraction of sp³-hybridized carbons (Fsp3) is 0.900. The summed E-state index contributed by atoms with van der Waals surface area (Å²) in [4.78, 5) is 2.23.